The molecule has 2 saturated heterocycles. The van der Waals surface area contributed by atoms with Gasteiger partial charge >= 0.3 is 0 Å². The number of benzene rings is 2. The van der Waals surface area contributed by atoms with Gasteiger partial charge in [0, 0.05) is 53.1 Å². The number of rotatable bonds is 7. The lowest BCUT2D eigenvalue weighted by molar-refractivity contribution is -0.0134. The summed E-state index contributed by atoms with van der Waals surface area (Å²) in [6, 6.07) is 9.83. The minimum absolute atomic E-state index is 0.0280. The molecule has 4 heterocycles. The molecule has 3 aliphatic heterocycles. The first-order valence-corrected chi connectivity index (χ1v) is 13.6. The van der Waals surface area contributed by atoms with Crippen LogP contribution in [-0.2, 0) is 6.42 Å². The average molecular weight is 507 g/mol. The van der Waals surface area contributed by atoms with Gasteiger partial charge in [-0.15, -0.1) is 0 Å². The number of H-pyrrole nitrogens is 1. The largest absolute Gasteiger partial charge is 0.504 e. The Morgan fingerprint density at radius 1 is 1.11 bits per heavy atom. The molecule has 0 spiro atoms. The molecule has 1 unspecified atom stereocenters. The van der Waals surface area contributed by atoms with Gasteiger partial charge in [0.25, 0.3) is 0 Å². The van der Waals surface area contributed by atoms with Gasteiger partial charge in [-0.3, -0.25) is 4.90 Å². The second-order valence-corrected chi connectivity index (χ2v) is 11.2. The zero-order valence-corrected chi connectivity index (χ0v) is 21.9. The number of aromatic nitrogens is 1. The van der Waals surface area contributed by atoms with Crippen LogP contribution in [0.5, 0.6) is 17.2 Å². The number of ether oxygens (including phenoxy) is 2. The Hall–Kier alpha value is -2.74. The summed E-state index contributed by atoms with van der Waals surface area (Å²) >= 11 is 0. The molecule has 3 fully saturated rings. The maximum absolute atomic E-state index is 11.0. The molecule has 0 amide bonds. The Labute approximate surface area is 218 Å². The first-order chi connectivity index (χ1) is 18.0. The van der Waals surface area contributed by atoms with E-state index in [2.05, 4.69) is 28.9 Å². The highest BCUT2D eigenvalue weighted by atomic mass is 16.5. The zero-order valence-electron chi connectivity index (χ0n) is 21.9. The Bertz CT molecular complexity index is 1300. The van der Waals surface area contributed by atoms with E-state index in [1.54, 1.807) is 25.3 Å². The van der Waals surface area contributed by atoms with Gasteiger partial charge in [0.1, 0.15) is 5.75 Å². The van der Waals surface area contributed by atoms with Crippen molar-refractivity contribution in [3.05, 3.63) is 52.7 Å². The molecule has 198 valence electrons. The van der Waals surface area contributed by atoms with Gasteiger partial charge in [-0.2, -0.15) is 0 Å². The van der Waals surface area contributed by atoms with Crippen molar-refractivity contribution in [2.75, 3.05) is 33.9 Å². The molecule has 7 heteroatoms. The SMILES string of the molecule is CC[C@H]1C[C@@H]2C[C@H]3c4[nH]c5cc([C@H](c6ccc(O)c(OC)c6)[C@H](O)CO)c(OC)cc5c4CCN(C2)[C@@H]13. The predicted molar refractivity (Wildman–Crippen MR) is 143 cm³/mol. The Morgan fingerprint density at radius 3 is 2.65 bits per heavy atom. The quantitative estimate of drug-likeness (QED) is 0.385. The summed E-state index contributed by atoms with van der Waals surface area (Å²) in [5.74, 6) is 2.52. The van der Waals surface area contributed by atoms with Gasteiger partial charge in [0.2, 0.25) is 0 Å². The van der Waals surface area contributed by atoms with Crippen molar-refractivity contribution in [2.24, 2.45) is 11.8 Å². The number of methoxy groups -OCH3 is 2. The normalized spacial score (nSPS) is 28.0. The smallest absolute Gasteiger partial charge is 0.160 e. The van der Waals surface area contributed by atoms with Crippen molar-refractivity contribution in [3.63, 3.8) is 0 Å². The molecule has 7 atom stereocenters. The zero-order chi connectivity index (χ0) is 25.8. The van der Waals surface area contributed by atoms with E-state index in [4.69, 9.17) is 9.47 Å². The Kier molecular flexibility index (Phi) is 6.33. The number of aliphatic hydroxyl groups excluding tert-OH is 2. The lowest BCUT2D eigenvalue weighted by Gasteiger charge is -2.53. The topological polar surface area (TPSA) is 98.2 Å². The maximum atomic E-state index is 11.0. The highest BCUT2D eigenvalue weighted by molar-refractivity contribution is 5.88. The first-order valence-electron chi connectivity index (χ1n) is 13.6. The van der Waals surface area contributed by atoms with Crippen LogP contribution < -0.4 is 9.47 Å². The summed E-state index contributed by atoms with van der Waals surface area (Å²) in [5, 5.41) is 32.3. The molecule has 1 aromatic heterocycles. The first kappa shape index (κ1) is 24.6. The number of aromatic amines is 1. The van der Waals surface area contributed by atoms with E-state index in [1.165, 1.54) is 49.6 Å². The molecule has 3 aromatic rings. The molecule has 1 saturated carbocycles. The van der Waals surface area contributed by atoms with Crippen LogP contribution in [0.2, 0.25) is 0 Å². The van der Waals surface area contributed by atoms with E-state index >= 15 is 0 Å². The summed E-state index contributed by atoms with van der Waals surface area (Å²) in [6.07, 6.45) is 3.81. The summed E-state index contributed by atoms with van der Waals surface area (Å²) in [4.78, 5) is 6.59. The van der Waals surface area contributed by atoms with Gasteiger partial charge in [-0.05, 0) is 66.5 Å². The molecule has 4 bridgehead atoms. The molecule has 37 heavy (non-hydrogen) atoms. The lowest BCUT2D eigenvalue weighted by atomic mass is 9.65. The van der Waals surface area contributed by atoms with Crippen LogP contribution in [-0.4, -0.2) is 71.3 Å². The lowest BCUT2D eigenvalue weighted by Crippen LogP contribution is -2.56. The Morgan fingerprint density at radius 2 is 1.92 bits per heavy atom. The molecule has 1 aliphatic carbocycles. The van der Waals surface area contributed by atoms with Crippen LogP contribution in [0, 0.1) is 11.8 Å². The van der Waals surface area contributed by atoms with Crippen molar-refractivity contribution in [3.8, 4) is 17.2 Å². The second-order valence-electron chi connectivity index (χ2n) is 11.2. The van der Waals surface area contributed by atoms with E-state index < -0.39 is 18.6 Å². The molecule has 7 rings (SSSR count). The molecule has 7 nitrogen and oxygen atoms in total. The van der Waals surface area contributed by atoms with Gasteiger partial charge in [-0.1, -0.05) is 19.4 Å². The minimum Gasteiger partial charge on any atom is -0.504 e. The number of hydrogen-bond donors (Lipinski definition) is 4. The van der Waals surface area contributed by atoms with Gasteiger partial charge in [0.05, 0.1) is 26.9 Å². The molecular weight excluding hydrogens is 468 g/mol. The van der Waals surface area contributed by atoms with Crippen LogP contribution in [0.1, 0.15) is 60.4 Å². The van der Waals surface area contributed by atoms with Gasteiger partial charge in [-0.25, -0.2) is 0 Å². The number of nitrogens with one attached hydrogen (secondary N) is 1. The molecular formula is C30H38N2O5. The van der Waals surface area contributed by atoms with E-state index in [9.17, 15) is 15.3 Å². The predicted octanol–water partition coefficient (Wildman–Crippen LogP) is 4.14. The number of phenolic OH excluding ortho intramolecular Hbond substituents is 1. The number of aliphatic hydroxyl groups is 2. The second kappa shape index (κ2) is 9.53. The minimum atomic E-state index is -1.05. The van der Waals surface area contributed by atoms with Crippen molar-refractivity contribution in [1.29, 1.82) is 0 Å². The molecule has 0 radical (unpaired) electrons. The van der Waals surface area contributed by atoms with E-state index in [0.29, 0.717) is 23.5 Å². The van der Waals surface area contributed by atoms with Crippen molar-refractivity contribution in [1.82, 2.24) is 9.88 Å². The summed E-state index contributed by atoms with van der Waals surface area (Å²) in [7, 11) is 3.15. The Balaban J connectivity index is 1.49. The van der Waals surface area contributed by atoms with Gasteiger partial charge < -0.3 is 29.8 Å². The summed E-state index contributed by atoms with van der Waals surface area (Å²) in [6.45, 7) is 4.27. The monoisotopic (exact) mass is 506 g/mol. The maximum Gasteiger partial charge on any atom is 0.160 e. The molecule has 2 aromatic carbocycles. The number of fused-ring (bicyclic) bond motifs is 4. The average Bonchev–Trinajstić information content (AvgIpc) is 3.24. The van der Waals surface area contributed by atoms with Crippen LogP contribution in [0.3, 0.4) is 0 Å². The molecule has 4 N–H and O–H groups in total. The third-order valence-corrected chi connectivity index (χ3v) is 9.34. The number of phenols is 1. The van der Waals surface area contributed by atoms with Crippen LogP contribution in [0.15, 0.2) is 30.3 Å². The van der Waals surface area contributed by atoms with Crippen LogP contribution in [0.4, 0.5) is 0 Å². The van der Waals surface area contributed by atoms with Crippen molar-refractivity contribution < 1.29 is 24.8 Å². The number of hydrogen-bond acceptors (Lipinski definition) is 6. The summed E-state index contributed by atoms with van der Waals surface area (Å²) in [5.41, 5.74) is 5.35. The summed E-state index contributed by atoms with van der Waals surface area (Å²) < 4.78 is 11.2. The van der Waals surface area contributed by atoms with Crippen molar-refractivity contribution >= 4 is 10.9 Å². The van der Waals surface area contributed by atoms with Crippen LogP contribution >= 0.6 is 0 Å². The third-order valence-electron chi connectivity index (χ3n) is 9.34. The van der Waals surface area contributed by atoms with E-state index in [-0.39, 0.29) is 5.75 Å². The van der Waals surface area contributed by atoms with Crippen LogP contribution in [0.25, 0.3) is 10.9 Å². The van der Waals surface area contributed by atoms with E-state index in [0.717, 1.165) is 41.4 Å². The fraction of sp³-hybridized carbons (Fsp3) is 0.533. The standard InChI is InChI=1S/C30H38N2O5/c1-4-17-9-16-10-22-29-19(7-8-32(14-16)30(17)22)20-13-26(36-2)21(12-23(20)31-29)28(25(35)15-33)18-5-6-24(34)27(11-18)37-3/h5-6,11-13,16-17,22,25,28,30-31,33-35H,4,7-10,14-15H2,1-3H3/t16-,17+,22+,25-,28+,30+/m1/s1. The van der Waals surface area contributed by atoms with Crippen molar-refractivity contribution in [2.45, 2.75) is 56.6 Å². The number of nitrogens with zero attached hydrogens (tertiary/aromatic N) is 1. The fourth-order valence-corrected chi connectivity index (χ4v) is 7.76. The number of aromatic hydroxyl groups is 1. The fourth-order valence-electron chi connectivity index (χ4n) is 7.76. The highest BCUT2D eigenvalue weighted by Crippen LogP contribution is 2.51. The molecule has 4 aliphatic rings. The van der Waals surface area contributed by atoms with E-state index in [1.807, 2.05) is 0 Å². The third kappa shape index (κ3) is 3.90. The number of piperidine rings is 2. The highest BCUT2D eigenvalue weighted by Gasteiger charge is 2.48. The van der Waals surface area contributed by atoms with Gasteiger partial charge in [0.15, 0.2) is 11.5 Å².